The van der Waals surface area contributed by atoms with Crippen molar-refractivity contribution in [3.05, 3.63) is 73.2 Å². The Morgan fingerprint density at radius 3 is 2.76 bits per heavy atom. The normalized spacial score (nSPS) is 11.4. The minimum Gasteiger partial charge on any atom is -0.282 e. The Labute approximate surface area is 141 Å². The van der Waals surface area contributed by atoms with Gasteiger partial charge in [0.05, 0.1) is 28.3 Å². The fourth-order valence-electron chi connectivity index (χ4n) is 2.95. The van der Waals surface area contributed by atoms with Crippen molar-refractivity contribution in [3.63, 3.8) is 0 Å². The summed E-state index contributed by atoms with van der Waals surface area (Å²) in [4.78, 5) is 13.1. The number of imidazole rings is 1. The molecule has 0 aliphatic rings. The maximum Gasteiger partial charge on any atom is 0.168 e. The van der Waals surface area contributed by atoms with E-state index in [9.17, 15) is 4.39 Å². The molecule has 0 aliphatic heterocycles. The fourth-order valence-corrected chi connectivity index (χ4v) is 2.95. The van der Waals surface area contributed by atoms with E-state index >= 15 is 0 Å². The maximum absolute atomic E-state index is 13.5. The number of fused-ring (bicyclic) bond motifs is 2. The van der Waals surface area contributed by atoms with Gasteiger partial charge in [0.1, 0.15) is 18.5 Å². The van der Waals surface area contributed by atoms with Crippen LogP contribution in [0.3, 0.4) is 0 Å². The minimum absolute atomic E-state index is 0.323. The third-order valence-electron chi connectivity index (χ3n) is 4.08. The van der Waals surface area contributed by atoms with Gasteiger partial charge in [0.15, 0.2) is 11.5 Å². The quantitative estimate of drug-likeness (QED) is 0.498. The van der Waals surface area contributed by atoms with Gasteiger partial charge in [-0.15, -0.1) is 0 Å². The molecule has 0 N–H and O–H groups in total. The number of rotatable bonds is 2. The van der Waals surface area contributed by atoms with Gasteiger partial charge in [0.2, 0.25) is 0 Å². The lowest BCUT2D eigenvalue weighted by Crippen LogP contribution is -2.01. The fraction of sp³-hybridized carbons (Fsp3) is 0. The molecule has 2 aromatic carbocycles. The first kappa shape index (κ1) is 13.8. The predicted octanol–water partition coefficient (Wildman–Crippen LogP) is 3.29. The van der Waals surface area contributed by atoms with Gasteiger partial charge in [-0.2, -0.15) is 5.10 Å². The van der Waals surface area contributed by atoms with Gasteiger partial charge in [-0.05, 0) is 30.3 Å². The lowest BCUT2D eigenvalue weighted by atomic mass is 10.3. The highest BCUT2D eigenvalue weighted by molar-refractivity contribution is 5.86. The molecule has 7 heteroatoms. The van der Waals surface area contributed by atoms with Gasteiger partial charge < -0.3 is 0 Å². The van der Waals surface area contributed by atoms with Crippen molar-refractivity contribution < 1.29 is 4.39 Å². The second kappa shape index (κ2) is 5.20. The summed E-state index contributed by atoms with van der Waals surface area (Å²) in [7, 11) is 0. The highest BCUT2D eigenvalue weighted by Crippen LogP contribution is 2.24. The second-order valence-electron chi connectivity index (χ2n) is 5.57. The topological polar surface area (TPSA) is 61.4 Å². The SMILES string of the molecule is Fc1cccc(-n2ncc3c(-n4cnc5ccccc54)ncnc32)c1. The van der Waals surface area contributed by atoms with Crippen LogP contribution in [0, 0.1) is 5.82 Å². The van der Waals surface area contributed by atoms with E-state index in [1.54, 1.807) is 29.3 Å². The number of halogens is 1. The summed E-state index contributed by atoms with van der Waals surface area (Å²) in [6, 6.07) is 14.1. The lowest BCUT2D eigenvalue weighted by Gasteiger charge is -2.06. The molecular weight excluding hydrogens is 319 g/mol. The van der Waals surface area contributed by atoms with Crippen LogP contribution >= 0.6 is 0 Å². The summed E-state index contributed by atoms with van der Waals surface area (Å²) in [5.41, 5.74) is 3.04. The first-order valence-corrected chi connectivity index (χ1v) is 7.68. The van der Waals surface area contributed by atoms with Crippen LogP contribution in [0.1, 0.15) is 0 Å². The zero-order chi connectivity index (χ0) is 16.8. The largest absolute Gasteiger partial charge is 0.282 e. The van der Waals surface area contributed by atoms with Crippen LogP contribution in [0.5, 0.6) is 0 Å². The molecule has 0 spiro atoms. The van der Waals surface area contributed by atoms with Crippen molar-refractivity contribution in [3.8, 4) is 11.5 Å². The van der Waals surface area contributed by atoms with Gasteiger partial charge in [-0.1, -0.05) is 18.2 Å². The van der Waals surface area contributed by atoms with Crippen LogP contribution in [0.15, 0.2) is 67.4 Å². The molecule has 120 valence electrons. The highest BCUT2D eigenvalue weighted by atomic mass is 19.1. The average Bonchev–Trinajstić information content (AvgIpc) is 3.26. The molecule has 3 heterocycles. The maximum atomic E-state index is 13.5. The highest BCUT2D eigenvalue weighted by Gasteiger charge is 2.14. The standard InChI is InChI=1S/C18H11FN6/c19-12-4-3-5-13(8-12)25-18-14(9-23-25)17(20-10-21-18)24-11-22-15-6-1-2-7-16(15)24/h1-11H. The molecule has 25 heavy (non-hydrogen) atoms. The van der Waals surface area contributed by atoms with Crippen molar-refractivity contribution in [1.29, 1.82) is 0 Å². The van der Waals surface area contributed by atoms with Crippen molar-refractivity contribution >= 4 is 22.1 Å². The number of para-hydroxylation sites is 2. The van der Waals surface area contributed by atoms with Crippen LogP contribution in [0.2, 0.25) is 0 Å². The summed E-state index contributed by atoms with van der Waals surface area (Å²) in [6.07, 6.45) is 4.89. The summed E-state index contributed by atoms with van der Waals surface area (Å²) in [6.45, 7) is 0. The van der Waals surface area contributed by atoms with Crippen molar-refractivity contribution in [2.75, 3.05) is 0 Å². The second-order valence-corrected chi connectivity index (χ2v) is 5.57. The first-order valence-electron chi connectivity index (χ1n) is 7.68. The van der Waals surface area contributed by atoms with Gasteiger partial charge >= 0.3 is 0 Å². The molecule has 0 aliphatic carbocycles. The van der Waals surface area contributed by atoms with E-state index in [4.69, 9.17) is 0 Å². The minimum atomic E-state index is -0.323. The number of hydrogen-bond donors (Lipinski definition) is 0. The smallest absolute Gasteiger partial charge is 0.168 e. The molecule has 5 aromatic rings. The lowest BCUT2D eigenvalue weighted by molar-refractivity contribution is 0.625. The molecule has 0 saturated carbocycles. The number of hydrogen-bond acceptors (Lipinski definition) is 4. The van der Waals surface area contributed by atoms with E-state index in [-0.39, 0.29) is 5.82 Å². The monoisotopic (exact) mass is 330 g/mol. The molecule has 5 rings (SSSR count). The summed E-state index contributed by atoms with van der Waals surface area (Å²) in [5.74, 6) is 0.359. The molecule has 0 amide bonds. The first-order chi connectivity index (χ1) is 12.3. The van der Waals surface area contributed by atoms with Crippen LogP contribution in [-0.4, -0.2) is 29.3 Å². The van der Waals surface area contributed by atoms with Crippen molar-refractivity contribution in [2.45, 2.75) is 0 Å². The van der Waals surface area contributed by atoms with Gasteiger partial charge in [0.25, 0.3) is 0 Å². The predicted molar refractivity (Wildman–Crippen MR) is 91.2 cm³/mol. The van der Waals surface area contributed by atoms with E-state index in [0.29, 0.717) is 17.2 Å². The number of nitrogens with zero attached hydrogens (tertiary/aromatic N) is 6. The van der Waals surface area contributed by atoms with Gasteiger partial charge in [0, 0.05) is 0 Å². The molecule has 0 bridgehead atoms. The van der Waals surface area contributed by atoms with E-state index in [2.05, 4.69) is 20.1 Å². The van der Waals surface area contributed by atoms with Gasteiger partial charge in [-0.25, -0.2) is 24.0 Å². The van der Waals surface area contributed by atoms with Crippen LogP contribution in [-0.2, 0) is 0 Å². The average molecular weight is 330 g/mol. The molecule has 0 fully saturated rings. The molecule has 0 unspecified atom stereocenters. The summed E-state index contributed by atoms with van der Waals surface area (Å²) in [5, 5.41) is 5.13. The Kier molecular flexibility index (Phi) is 2.87. The third-order valence-corrected chi connectivity index (χ3v) is 4.08. The van der Waals surface area contributed by atoms with Gasteiger partial charge in [-0.3, -0.25) is 4.57 Å². The van der Waals surface area contributed by atoms with E-state index in [1.165, 1.54) is 18.5 Å². The molecule has 6 nitrogen and oxygen atoms in total. The molecule has 3 aromatic heterocycles. The molecule has 0 saturated heterocycles. The summed E-state index contributed by atoms with van der Waals surface area (Å²) >= 11 is 0. The Bertz CT molecular complexity index is 1220. The van der Waals surface area contributed by atoms with Crippen LogP contribution in [0.4, 0.5) is 4.39 Å². The molecular formula is C18H11FN6. The number of benzene rings is 2. The van der Waals surface area contributed by atoms with Crippen LogP contribution < -0.4 is 0 Å². The Hall–Kier alpha value is -3.61. The number of aromatic nitrogens is 6. The van der Waals surface area contributed by atoms with E-state index in [0.717, 1.165) is 16.4 Å². The van der Waals surface area contributed by atoms with Crippen molar-refractivity contribution in [2.24, 2.45) is 0 Å². The molecule has 0 radical (unpaired) electrons. The zero-order valence-corrected chi connectivity index (χ0v) is 12.9. The summed E-state index contributed by atoms with van der Waals surface area (Å²) < 4.78 is 17.0. The van der Waals surface area contributed by atoms with E-state index in [1.807, 2.05) is 28.8 Å². The van der Waals surface area contributed by atoms with Crippen LogP contribution in [0.25, 0.3) is 33.6 Å². The Balaban J connectivity index is 1.76. The van der Waals surface area contributed by atoms with E-state index < -0.39 is 0 Å². The van der Waals surface area contributed by atoms with Crippen molar-refractivity contribution in [1.82, 2.24) is 29.3 Å². The Morgan fingerprint density at radius 2 is 1.84 bits per heavy atom. The third kappa shape index (κ3) is 2.09. The molecule has 0 atom stereocenters. The Morgan fingerprint density at radius 1 is 0.920 bits per heavy atom. The zero-order valence-electron chi connectivity index (χ0n) is 12.9.